The number of nitrogen functional groups attached to an aromatic ring is 1. The highest BCUT2D eigenvalue weighted by atomic mass is 16.3. The molecule has 2 heterocycles. The molecule has 19 heavy (non-hydrogen) atoms. The number of nitrogens with two attached hydrogens (primary N) is 1. The second-order valence-electron chi connectivity index (χ2n) is 4.85. The first-order valence-electron chi connectivity index (χ1n) is 6.11. The van der Waals surface area contributed by atoms with Crippen LogP contribution in [0.1, 0.15) is 41.5 Å². The van der Waals surface area contributed by atoms with Crippen LogP contribution < -0.4 is 5.73 Å². The Morgan fingerprint density at radius 1 is 1.58 bits per heavy atom. The van der Waals surface area contributed by atoms with Gasteiger partial charge in [-0.05, 0) is 12.0 Å². The van der Waals surface area contributed by atoms with Gasteiger partial charge in [-0.3, -0.25) is 9.89 Å². The van der Waals surface area contributed by atoms with Gasteiger partial charge >= 0.3 is 0 Å². The first kappa shape index (κ1) is 13.2. The molecule has 0 bridgehead atoms. The molecule has 0 atom stereocenters. The van der Waals surface area contributed by atoms with E-state index in [1.807, 2.05) is 19.9 Å². The van der Waals surface area contributed by atoms with Crippen LogP contribution >= 0.6 is 0 Å². The molecule has 6 heteroatoms. The Morgan fingerprint density at radius 2 is 2.32 bits per heavy atom. The average Bonchev–Trinajstić information content (AvgIpc) is 2.97. The number of nitrogens with one attached hydrogen (secondary N) is 1. The van der Waals surface area contributed by atoms with E-state index in [2.05, 4.69) is 10.2 Å². The van der Waals surface area contributed by atoms with Gasteiger partial charge in [0, 0.05) is 19.2 Å². The third kappa shape index (κ3) is 2.62. The number of anilines is 1. The van der Waals surface area contributed by atoms with Crippen molar-refractivity contribution in [1.82, 2.24) is 15.1 Å². The summed E-state index contributed by atoms with van der Waals surface area (Å²) in [6.45, 7) is 4.44. The summed E-state index contributed by atoms with van der Waals surface area (Å²) >= 11 is 0. The van der Waals surface area contributed by atoms with Crippen molar-refractivity contribution in [2.45, 2.75) is 26.3 Å². The summed E-state index contributed by atoms with van der Waals surface area (Å²) in [4.78, 5) is 13.8. The SMILES string of the molecule is CC(C)c1[nH]nc(C(=O)N(C)Cc2ccoc2)c1N. The Balaban J connectivity index is 2.15. The van der Waals surface area contributed by atoms with Crippen LogP contribution in [0.15, 0.2) is 23.0 Å². The first-order chi connectivity index (χ1) is 9.00. The topological polar surface area (TPSA) is 88.2 Å². The molecule has 0 aromatic carbocycles. The highest BCUT2D eigenvalue weighted by Gasteiger charge is 2.21. The quantitative estimate of drug-likeness (QED) is 0.881. The summed E-state index contributed by atoms with van der Waals surface area (Å²) in [5.41, 5.74) is 8.38. The molecular weight excluding hydrogens is 244 g/mol. The molecule has 0 aliphatic heterocycles. The first-order valence-corrected chi connectivity index (χ1v) is 6.11. The number of nitrogens with zero attached hydrogens (tertiary/aromatic N) is 2. The zero-order valence-electron chi connectivity index (χ0n) is 11.3. The van der Waals surface area contributed by atoms with Crippen molar-refractivity contribution in [3.8, 4) is 0 Å². The molecule has 0 unspecified atom stereocenters. The molecule has 0 aliphatic carbocycles. The number of H-pyrrole nitrogens is 1. The van der Waals surface area contributed by atoms with Crippen LogP contribution in [-0.4, -0.2) is 28.1 Å². The molecule has 1 amide bonds. The van der Waals surface area contributed by atoms with Gasteiger partial charge in [-0.2, -0.15) is 5.10 Å². The molecular formula is C13H18N4O2. The molecule has 102 valence electrons. The minimum atomic E-state index is -0.207. The van der Waals surface area contributed by atoms with Gasteiger partial charge in [-0.25, -0.2) is 0 Å². The van der Waals surface area contributed by atoms with E-state index in [0.29, 0.717) is 12.2 Å². The number of rotatable bonds is 4. The van der Waals surface area contributed by atoms with Gasteiger partial charge in [0.2, 0.25) is 0 Å². The van der Waals surface area contributed by atoms with E-state index in [4.69, 9.17) is 10.2 Å². The fourth-order valence-corrected chi connectivity index (χ4v) is 1.88. The van der Waals surface area contributed by atoms with Gasteiger partial charge in [0.15, 0.2) is 5.69 Å². The van der Waals surface area contributed by atoms with Crippen molar-refractivity contribution in [3.05, 3.63) is 35.5 Å². The Kier molecular flexibility index (Phi) is 3.59. The summed E-state index contributed by atoms with van der Waals surface area (Å²) in [5, 5.41) is 6.85. The van der Waals surface area contributed by atoms with Crippen molar-refractivity contribution in [3.63, 3.8) is 0 Å². The standard InChI is InChI=1S/C13H18N4O2/c1-8(2)11-10(14)12(16-15-11)13(18)17(3)6-9-4-5-19-7-9/h4-5,7-8H,6,14H2,1-3H3,(H,15,16). The van der Waals surface area contributed by atoms with E-state index >= 15 is 0 Å². The minimum absolute atomic E-state index is 0.202. The van der Waals surface area contributed by atoms with Gasteiger partial charge in [0.25, 0.3) is 5.91 Å². The van der Waals surface area contributed by atoms with Crippen LogP contribution in [0.25, 0.3) is 0 Å². The van der Waals surface area contributed by atoms with Gasteiger partial charge < -0.3 is 15.1 Å². The average molecular weight is 262 g/mol. The molecule has 2 aromatic heterocycles. The van der Waals surface area contributed by atoms with Gasteiger partial charge in [0.1, 0.15) is 0 Å². The molecule has 0 saturated heterocycles. The van der Waals surface area contributed by atoms with E-state index in [0.717, 1.165) is 11.3 Å². The molecule has 6 nitrogen and oxygen atoms in total. The second kappa shape index (κ2) is 5.17. The zero-order chi connectivity index (χ0) is 14.0. The number of furan rings is 1. The van der Waals surface area contributed by atoms with Gasteiger partial charge in [-0.15, -0.1) is 0 Å². The summed E-state index contributed by atoms with van der Waals surface area (Å²) in [5.74, 6) is -0.00456. The van der Waals surface area contributed by atoms with Gasteiger partial charge in [0.05, 0.1) is 23.9 Å². The fourth-order valence-electron chi connectivity index (χ4n) is 1.88. The summed E-state index contributed by atoms with van der Waals surface area (Å²) < 4.78 is 4.98. The maximum Gasteiger partial charge on any atom is 0.276 e. The summed E-state index contributed by atoms with van der Waals surface area (Å²) in [7, 11) is 1.71. The Morgan fingerprint density at radius 3 is 2.84 bits per heavy atom. The van der Waals surface area contributed by atoms with Crippen molar-refractivity contribution in [2.24, 2.45) is 0 Å². The molecule has 3 N–H and O–H groups in total. The molecule has 0 fully saturated rings. The van der Waals surface area contributed by atoms with E-state index in [1.165, 1.54) is 0 Å². The molecule has 0 aliphatic rings. The normalized spacial score (nSPS) is 10.9. The number of aromatic amines is 1. The van der Waals surface area contributed by atoms with Crippen molar-refractivity contribution in [2.75, 3.05) is 12.8 Å². The predicted molar refractivity (Wildman–Crippen MR) is 71.6 cm³/mol. The number of carbonyl (C=O) groups excluding carboxylic acids is 1. The van der Waals surface area contributed by atoms with E-state index in [9.17, 15) is 4.79 Å². The minimum Gasteiger partial charge on any atom is -0.472 e. The Labute approximate surface area is 111 Å². The Bertz CT molecular complexity index is 557. The lowest BCUT2D eigenvalue weighted by atomic mass is 10.1. The number of carbonyl (C=O) groups is 1. The van der Waals surface area contributed by atoms with E-state index in [1.54, 1.807) is 24.5 Å². The predicted octanol–water partition coefficient (Wildman–Crippen LogP) is 1.98. The number of hydrogen-bond acceptors (Lipinski definition) is 4. The van der Waals surface area contributed by atoms with Crippen LogP contribution in [0, 0.1) is 0 Å². The van der Waals surface area contributed by atoms with Crippen LogP contribution in [0.5, 0.6) is 0 Å². The molecule has 0 saturated carbocycles. The van der Waals surface area contributed by atoms with Crippen LogP contribution in [0.2, 0.25) is 0 Å². The fraction of sp³-hybridized carbons (Fsp3) is 0.385. The lowest BCUT2D eigenvalue weighted by Gasteiger charge is -2.15. The van der Waals surface area contributed by atoms with Crippen molar-refractivity contribution >= 4 is 11.6 Å². The third-order valence-corrected chi connectivity index (χ3v) is 2.96. The summed E-state index contributed by atoms with van der Waals surface area (Å²) in [6, 6.07) is 1.82. The second-order valence-corrected chi connectivity index (χ2v) is 4.85. The monoisotopic (exact) mass is 262 g/mol. The van der Waals surface area contributed by atoms with Crippen LogP contribution in [0.4, 0.5) is 5.69 Å². The van der Waals surface area contributed by atoms with E-state index in [-0.39, 0.29) is 17.5 Å². The maximum absolute atomic E-state index is 12.3. The Hall–Kier alpha value is -2.24. The highest BCUT2D eigenvalue weighted by molar-refractivity contribution is 5.97. The van der Waals surface area contributed by atoms with Crippen molar-refractivity contribution < 1.29 is 9.21 Å². The smallest absolute Gasteiger partial charge is 0.276 e. The lowest BCUT2D eigenvalue weighted by molar-refractivity contribution is 0.0780. The molecule has 2 rings (SSSR count). The lowest BCUT2D eigenvalue weighted by Crippen LogP contribution is -2.27. The van der Waals surface area contributed by atoms with Crippen LogP contribution in [0.3, 0.4) is 0 Å². The van der Waals surface area contributed by atoms with Crippen molar-refractivity contribution in [1.29, 1.82) is 0 Å². The van der Waals surface area contributed by atoms with Crippen LogP contribution in [-0.2, 0) is 6.54 Å². The van der Waals surface area contributed by atoms with E-state index < -0.39 is 0 Å². The maximum atomic E-state index is 12.3. The number of hydrogen-bond donors (Lipinski definition) is 2. The zero-order valence-corrected chi connectivity index (χ0v) is 11.3. The largest absolute Gasteiger partial charge is 0.472 e. The third-order valence-electron chi connectivity index (χ3n) is 2.96. The highest BCUT2D eigenvalue weighted by Crippen LogP contribution is 2.23. The molecule has 2 aromatic rings. The molecule has 0 spiro atoms. The number of amides is 1. The van der Waals surface area contributed by atoms with Gasteiger partial charge in [-0.1, -0.05) is 13.8 Å². The molecule has 0 radical (unpaired) electrons. The number of aromatic nitrogens is 2. The summed E-state index contributed by atoms with van der Waals surface area (Å²) in [6.07, 6.45) is 3.19.